The summed E-state index contributed by atoms with van der Waals surface area (Å²) in [4.78, 5) is 16.2. The standard InChI is InChI=1S/C22H26N4O2.HI/c1-4-24-22(25-13-16-9-11-17(12-10-16)21(27)23-3)26-14-20-15(2)18-7-5-6-8-19(18)28-20;/h5-12H,4,13-14H2,1-3H3,(H,23,27)(H2,24,25,26);1H. The predicted octanol–water partition coefficient (Wildman–Crippen LogP) is 3.97. The molecule has 3 aromatic rings. The van der Waals surface area contributed by atoms with E-state index in [-0.39, 0.29) is 29.9 Å². The highest BCUT2D eigenvalue weighted by Crippen LogP contribution is 2.24. The first-order valence-corrected chi connectivity index (χ1v) is 9.42. The maximum atomic E-state index is 11.6. The van der Waals surface area contributed by atoms with Crippen LogP contribution in [0.2, 0.25) is 0 Å². The Labute approximate surface area is 188 Å². The minimum atomic E-state index is -0.0914. The Balaban J connectivity index is 0.00000300. The van der Waals surface area contributed by atoms with Gasteiger partial charge in [-0.3, -0.25) is 4.79 Å². The molecule has 0 bridgehead atoms. The van der Waals surface area contributed by atoms with E-state index in [1.54, 1.807) is 7.05 Å². The molecule has 0 aliphatic carbocycles. The van der Waals surface area contributed by atoms with Crippen molar-refractivity contribution in [1.29, 1.82) is 0 Å². The lowest BCUT2D eigenvalue weighted by Crippen LogP contribution is -2.36. The Morgan fingerprint density at radius 1 is 1.07 bits per heavy atom. The van der Waals surface area contributed by atoms with E-state index in [1.807, 2.05) is 49.4 Å². The van der Waals surface area contributed by atoms with Gasteiger partial charge in [-0.1, -0.05) is 30.3 Å². The smallest absolute Gasteiger partial charge is 0.251 e. The lowest BCUT2D eigenvalue weighted by atomic mass is 10.1. The van der Waals surface area contributed by atoms with E-state index in [0.717, 1.165) is 40.4 Å². The molecule has 154 valence electrons. The average Bonchev–Trinajstić information content (AvgIpc) is 3.06. The highest BCUT2D eigenvalue weighted by Gasteiger charge is 2.10. The van der Waals surface area contributed by atoms with Crippen molar-refractivity contribution in [2.24, 2.45) is 4.99 Å². The summed E-state index contributed by atoms with van der Waals surface area (Å²) in [6.07, 6.45) is 0. The van der Waals surface area contributed by atoms with Crippen LogP contribution >= 0.6 is 24.0 Å². The fourth-order valence-electron chi connectivity index (χ4n) is 2.98. The van der Waals surface area contributed by atoms with Crippen molar-refractivity contribution in [2.45, 2.75) is 26.9 Å². The van der Waals surface area contributed by atoms with Crippen LogP contribution < -0.4 is 16.0 Å². The van der Waals surface area contributed by atoms with Crippen LogP contribution in [0.1, 0.15) is 34.2 Å². The van der Waals surface area contributed by atoms with E-state index < -0.39 is 0 Å². The molecule has 1 aromatic heterocycles. The van der Waals surface area contributed by atoms with Gasteiger partial charge in [0.25, 0.3) is 5.91 Å². The van der Waals surface area contributed by atoms with Gasteiger partial charge in [-0.05, 0) is 37.6 Å². The third-order valence-corrected chi connectivity index (χ3v) is 4.57. The molecule has 2 aromatic carbocycles. The van der Waals surface area contributed by atoms with Crippen molar-refractivity contribution in [1.82, 2.24) is 16.0 Å². The summed E-state index contributed by atoms with van der Waals surface area (Å²) in [5.41, 5.74) is 3.71. The summed E-state index contributed by atoms with van der Waals surface area (Å²) < 4.78 is 5.95. The first kappa shape index (κ1) is 22.7. The van der Waals surface area contributed by atoms with Crippen LogP contribution in [0.25, 0.3) is 11.0 Å². The molecule has 0 fully saturated rings. The van der Waals surface area contributed by atoms with E-state index in [2.05, 4.69) is 33.9 Å². The van der Waals surface area contributed by atoms with Gasteiger partial charge in [-0.25, -0.2) is 4.99 Å². The molecule has 3 rings (SSSR count). The maximum Gasteiger partial charge on any atom is 0.251 e. The number of benzene rings is 2. The first-order chi connectivity index (χ1) is 13.6. The summed E-state index contributed by atoms with van der Waals surface area (Å²) in [7, 11) is 1.62. The monoisotopic (exact) mass is 506 g/mol. The number of halogens is 1. The molecule has 1 heterocycles. The van der Waals surface area contributed by atoms with Crippen molar-refractivity contribution in [3.8, 4) is 0 Å². The summed E-state index contributed by atoms with van der Waals surface area (Å²) >= 11 is 0. The number of furan rings is 1. The highest BCUT2D eigenvalue weighted by molar-refractivity contribution is 14.0. The van der Waals surface area contributed by atoms with Crippen LogP contribution in [0.15, 0.2) is 57.9 Å². The molecular formula is C22H27IN4O2. The molecule has 0 radical (unpaired) electrons. The lowest BCUT2D eigenvalue weighted by molar-refractivity contribution is 0.0963. The lowest BCUT2D eigenvalue weighted by Gasteiger charge is -2.11. The van der Waals surface area contributed by atoms with E-state index in [4.69, 9.17) is 4.42 Å². The molecule has 0 atom stereocenters. The summed E-state index contributed by atoms with van der Waals surface area (Å²) in [6.45, 7) is 5.94. The number of nitrogens with zero attached hydrogens (tertiary/aromatic N) is 1. The average molecular weight is 506 g/mol. The zero-order chi connectivity index (χ0) is 19.9. The minimum absolute atomic E-state index is 0. The van der Waals surface area contributed by atoms with Crippen LogP contribution in [0.4, 0.5) is 0 Å². The van der Waals surface area contributed by atoms with Gasteiger partial charge in [0.15, 0.2) is 5.96 Å². The van der Waals surface area contributed by atoms with Crippen molar-refractivity contribution in [3.63, 3.8) is 0 Å². The summed E-state index contributed by atoms with van der Waals surface area (Å²) in [5, 5.41) is 10.3. The van der Waals surface area contributed by atoms with Gasteiger partial charge >= 0.3 is 0 Å². The number of aryl methyl sites for hydroxylation is 1. The zero-order valence-electron chi connectivity index (χ0n) is 16.9. The van der Waals surface area contributed by atoms with E-state index in [0.29, 0.717) is 18.7 Å². The van der Waals surface area contributed by atoms with Crippen molar-refractivity contribution in [2.75, 3.05) is 13.6 Å². The molecule has 29 heavy (non-hydrogen) atoms. The molecule has 3 N–H and O–H groups in total. The van der Waals surface area contributed by atoms with E-state index in [9.17, 15) is 4.79 Å². The van der Waals surface area contributed by atoms with Crippen molar-refractivity contribution < 1.29 is 9.21 Å². The third-order valence-electron chi connectivity index (χ3n) is 4.57. The van der Waals surface area contributed by atoms with Crippen LogP contribution in [-0.4, -0.2) is 25.5 Å². The topological polar surface area (TPSA) is 78.7 Å². The number of amides is 1. The van der Waals surface area contributed by atoms with Crippen molar-refractivity contribution >= 4 is 46.8 Å². The van der Waals surface area contributed by atoms with Gasteiger partial charge in [0.05, 0.1) is 13.1 Å². The number of carbonyl (C=O) groups is 1. The van der Waals surface area contributed by atoms with Crippen LogP contribution in [0.3, 0.4) is 0 Å². The number of hydrogen-bond donors (Lipinski definition) is 3. The maximum absolute atomic E-state index is 11.6. The quantitative estimate of drug-likeness (QED) is 0.269. The number of aliphatic imine (C=N–C) groups is 1. The number of rotatable bonds is 6. The molecule has 0 spiro atoms. The molecule has 0 saturated carbocycles. The van der Waals surface area contributed by atoms with Gasteiger partial charge in [-0.2, -0.15) is 0 Å². The van der Waals surface area contributed by atoms with Crippen LogP contribution in [0, 0.1) is 6.92 Å². The molecule has 0 aliphatic rings. The molecule has 7 heteroatoms. The van der Waals surface area contributed by atoms with Gasteiger partial charge in [0.1, 0.15) is 11.3 Å². The molecule has 1 amide bonds. The van der Waals surface area contributed by atoms with Gasteiger partial charge in [-0.15, -0.1) is 24.0 Å². The van der Waals surface area contributed by atoms with Crippen LogP contribution in [0.5, 0.6) is 0 Å². The molecular weight excluding hydrogens is 479 g/mol. The van der Waals surface area contributed by atoms with Gasteiger partial charge in [0, 0.05) is 30.1 Å². The Hall–Kier alpha value is -2.55. The number of carbonyl (C=O) groups excluding carboxylic acids is 1. The third kappa shape index (κ3) is 5.72. The second kappa shape index (κ2) is 10.8. The second-order valence-corrected chi connectivity index (χ2v) is 6.47. The molecule has 0 saturated heterocycles. The molecule has 6 nitrogen and oxygen atoms in total. The number of hydrogen-bond acceptors (Lipinski definition) is 3. The predicted molar refractivity (Wildman–Crippen MR) is 128 cm³/mol. The largest absolute Gasteiger partial charge is 0.459 e. The summed E-state index contributed by atoms with van der Waals surface area (Å²) in [5.74, 6) is 1.53. The van der Waals surface area contributed by atoms with Gasteiger partial charge < -0.3 is 20.4 Å². The number of nitrogens with one attached hydrogen (secondary N) is 3. The van der Waals surface area contributed by atoms with Gasteiger partial charge in [0.2, 0.25) is 0 Å². The molecule has 0 unspecified atom stereocenters. The molecule has 0 aliphatic heterocycles. The number of fused-ring (bicyclic) bond motifs is 1. The number of para-hydroxylation sites is 1. The van der Waals surface area contributed by atoms with Crippen LogP contribution in [-0.2, 0) is 13.1 Å². The van der Waals surface area contributed by atoms with E-state index in [1.165, 1.54) is 0 Å². The normalized spacial score (nSPS) is 11.1. The minimum Gasteiger partial charge on any atom is -0.459 e. The van der Waals surface area contributed by atoms with E-state index >= 15 is 0 Å². The van der Waals surface area contributed by atoms with Crippen molar-refractivity contribution in [3.05, 3.63) is 71.0 Å². The summed E-state index contributed by atoms with van der Waals surface area (Å²) in [6, 6.07) is 15.5. The highest BCUT2D eigenvalue weighted by atomic mass is 127. The fraction of sp³-hybridized carbons (Fsp3) is 0.273. The Morgan fingerprint density at radius 2 is 1.79 bits per heavy atom. The Kier molecular flexibility index (Phi) is 8.50. The number of guanidine groups is 1. The first-order valence-electron chi connectivity index (χ1n) is 9.42. The SMILES string of the molecule is CCNC(=NCc1ccc(C(=O)NC)cc1)NCc1oc2ccccc2c1C.I. The second-order valence-electron chi connectivity index (χ2n) is 6.47. The fourth-order valence-corrected chi connectivity index (χ4v) is 2.98. The Morgan fingerprint density at radius 3 is 2.45 bits per heavy atom. The zero-order valence-corrected chi connectivity index (χ0v) is 19.2. The Bertz CT molecular complexity index is 980.